The van der Waals surface area contributed by atoms with Crippen LogP contribution < -0.4 is 5.32 Å². The zero-order valence-electron chi connectivity index (χ0n) is 12.1. The fourth-order valence-corrected chi connectivity index (χ4v) is 2.47. The van der Waals surface area contributed by atoms with E-state index in [0.29, 0.717) is 18.1 Å². The molecule has 2 N–H and O–H groups in total. The molecule has 5 nitrogen and oxygen atoms in total. The molecule has 6 heteroatoms. The van der Waals surface area contributed by atoms with Crippen molar-refractivity contribution in [1.82, 2.24) is 9.36 Å². The Balaban J connectivity index is 2.53. The summed E-state index contributed by atoms with van der Waals surface area (Å²) in [5.41, 5.74) is -0.000758. The largest absolute Gasteiger partial charge is 0.481 e. The molecule has 0 aliphatic rings. The first-order valence-corrected chi connectivity index (χ1v) is 7.38. The summed E-state index contributed by atoms with van der Waals surface area (Å²) in [5.74, 6) is -0.336. The van der Waals surface area contributed by atoms with E-state index in [9.17, 15) is 9.90 Å². The topological polar surface area (TPSA) is 75.1 Å². The number of rotatable bonds is 7. The van der Waals surface area contributed by atoms with Gasteiger partial charge in [-0.25, -0.2) is 4.98 Å². The molecule has 0 spiro atoms. The van der Waals surface area contributed by atoms with Gasteiger partial charge in [0, 0.05) is 24.5 Å². The van der Waals surface area contributed by atoms with Crippen LogP contribution in [0.1, 0.15) is 46.4 Å². The lowest BCUT2D eigenvalue weighted by atomic mass is 9.84. The molecule has 0 amide bonds. The van der Waals surface area contributed by atoms with E-state index < -0.39 is 11.9 Å². The van der Waals surface area contributed by atoms with Gasteiger partial charge in [-0.2, -0.15) is 4.37 Å². The third-order valence-electron chi connectivity index (χ3n) is 2.65. The molecule has 108 valence electrons. The summed E-state index contributed by atoms with van der Waals surface area (Å²) in [5, 5.41) is 13.0. The molecular formula is C13H23N3O2S. The number of hydrogen-bond acceptors (Lipinski definition) is 5. The summed E-state index contributed by atoms with van der Waals surface area (Å²) in [4.78, 5) is 15.6. The first-order chi connectivity index (χ1) is 8.81. The lowest BCUT2D eigenvalue weighted by molar-refractivity contribution is -0.142. The van der Waals surface area contributed by atoms with Crippen LogP contribution in [0.5, 0.6) is 0 Å². The predicted molar refractivity (Wildman–Crippen MR) is 77.6 cm³/mol. The van der Waals surface area contributed by atoms with E-state index >= 15 is 0 Å². The van der Waals surface area contributed by atoms with Gasteiger partial charge in [0.15, 0.2) is 0 Å². The van der Waals surface area contributed by atoms with Crippen molar-refractivity contribution < 1.29 is 9.90 Å². The van der Waals surface area contributed by atoms with Crippen molar-refractivity contribution in [1.29, 1.82) is 0 Å². The highest BCUT2D eigenvalue weighted by atomic mass is 32.1. The minimum Gasteiger partial charge on any atom is -0.481 e. The van der Waals surface area contributed by atoms with Crippen LogP contribution in [0.15, 0.2) is 0 Å². The fraction of sp³-hybridized carbons (Fsp3) is 0.769. The zero-order valence-corrected chi connectivity index (χ0v) is 12.9. The highest BCUT2D eigenvalue weighted by Gasteiger charge is 2.24. The van der Waals surface area contributed by atoms with Crippen molar-refractivity contribution in [2.45, 2.75) is 47.0 Å². The second-order valence-corrected chi connectivity index (χ2v) is 6.70. The Labute approximate surface area is 118 Å². The molecule has 1 unspecified atom stereocenters. The van der Waals surface area contributed by atoms with Crippen molar-refractivity contribution in [3.8, 4) is 0 Å². The number of anilines is 1. The van der Waals surface area contributed by atoms with Gasteiger partial charge in [0.05, 0.1) is 5.92 Å². The number of carboxylic acids is 1. The van der Waals surface area contributed by atoms with Crippen LogP contribution >= 0.6 is 11.5 Å². The van der Waals surface area contributed by atoms with Gasteiger partial charge in [0.25, 0.3) is 0 Å². The van der Waals surface area contributed by atoms with Crippen molar-refractivity contribution in [3.05, 3.63) is 5.82 Å². The number of carboxylic acid groups (broad SMARTS) is 1. The molecular weight excluding hydrogens is 262 g/mol. The second kappa shape index (κ2) is 6.84. The van der Waals surface area contributed by atoms with Gasteiger partial charge in [-0.15, -0.1) is 0 Å². The van der Waals surface area contributed by atoms with Crippen LogP contribution in [0.25, 0.3) is 0 Å². The average Bonchev–Trinajstić information content (AvgIpc) is 2.71. The van der Waals surface area contributed by atoms with E-state index in [2.05, 4.69) is 21.6 Å². The number of nitrogens with one attached hydrogen (secondary N) is 1. The molecule has 0 aromatic carbocycles. The molecule has 0 radical (unpaired) electrons. The van der Waals surface area contributed by atoms with Crippen LogP contribution in [-0.2, 0) is 11.2 Å². The molecule has 1 heterocycles. The lowest BCUT2D eigenvalue weighted by Gasteiger charge is -2.23. The molecule has 1 aromatic heterocycles. The molecule has 0 fully saturated rings. The van der Waals surface area contributed by atoms with Gasteiger partial charge >= 0.3 is 5.97 Å². The van der Waals surface area contributed by atoms with E-state index in [-0.39, 0.29) is 5.41 Å². The molecule has 1 rings (SSSR count). The normalized spacial score (nSPS) is 13.3. The number of aliphatic carboxylic acids is 1. The van der Waals surface area contributed by atoms with E-state index in [1.54, 1.807) is 0 Å². The maximum Gasteiger partial charge on any atom is 0.308 e. The molecule has 0 saturated heterocycles. The summed E-state index contributed by atoms with van der Waals surface area (Å²) in [6, 6.07) is 0. The maximum absolute atomic E-state index is 11.2. The average molecular weight is 285 g/mol. The van der Waals surface area contributed by atoms with Gasteiger partial charge < -0.3 is 10.4 Å². The Morgan fingerprint density at radius 2 is 2.16 bits per heavy atom. The summed E-state index contributed by atoms with van der Waals surface area (Å²) in [6.45, 7) is 8.62. The highest BCUT2D eigenvalue weighted by molar-refractivity contribution is 7.09. The number of aromatic nitrogens is 2. The van der Waals surface area contributed by atoms with E-state index in [1.807, 2.05) is 20.8 Å². The van der Waals surface area contributed by atoms with Crippen molar-refractivity contribution in [2.75, 3.05) is 11.9 Å². The Bertz CT molecular complexity index is 412. The SMILES string of the molecule is CCCc1nsc(NCC(CC(C)(C)C)C(=O)O)n1. The minimum absolute atomic E-state index is 0.000758. The van der Waals surface area contributed by atoms with E-state index in [1.165, 1.54) is 11.5 Å². The smallest absolute Gasteiger partial charge is 0.308 e. The quantitative estimate of drug-likeness (QED) is 0.805. The second-order valence-electron chi connectivity index (χ2n) is 5.95. The first kappa shape index (κ1) is 15.9. The Morgan fingerprint density at radius 1 is 1.47 bits per heavy atom. The number of hydrogen-bond donors (Lipinski definition) is 2. The summed E-state index contributed by atoms with van der Waals surface area (Å²) in [7, 11) is 0. The van der Waals surface area contributed by atoms with Gasteiger partial charge in [0.2, 0.25) is 5.13 Å². The van der Waals surface area contributed by atoms with Crippen molar-refractivity contribution >= 4 is 22.6 Å². The lowest BCUT2D eigenvalue weighted by Crippen LogP contribution is -2.27. The summed E-state index contributed by atoms with van der Waals surface area (Å²) in [6.07, 6.45) is 2.51. The maximum atomic E-state index is 11.2. The van der Waals surface area contributed by atoms with Crippen molar-refractivity contribution in [2.24, 2.45) is 11.3 Å². The van der Waals surface area contributed by atoms with Gasteiger partial charge in [-0.05, 0) is 18.3 Å². The highest BCUT2D eigenvalue weighted by Crippen LogP contribution is 2.25. The zero-order chi connectivity index (χ0) is 14.5. The molecule has 1 aromatic rings. The fourth-order valence-electron chi connectivity index (χ4n) is 1.85. The van der Waals surface area contributed by atoms with Crippen LogP contribution in [-0.4, -0.2) is 27.0 Å². The standard InChI is InChI=1S/C13H23N3O2S/c1-5-6-10-15-12(19-16-10)14-8-9(11(17)18)7-13(2,3)4/h9H,5-8H2,1-4H3,(H,17,18)(H,14,15,16). The minimum atomic E-state index is -0.763. The van der Waals surface area contributed by atoms with Crippen molar-refractivity contribution in [3.63, 3.8) is 0 Å². The Kier molecular flexibility index (Phi) is 5.72. The molecule has 19 heavy (non-hydrogen) atoms. The Morgan fingerprint density at radius 3 is 2.68 bits per heavy atom. The third-order valence-corrected chi connectivity index (χ3v) is 3.36. The monoisotopic (exact) mass is 285 g/mol. The van der Waals surface area contributed by atoms with Crippen LogP contribution in [0.4, 0.5) is 5.13 Å². The summed E-state index contributed by atoms with van der Waals surface area (Å²) >= 11 is 1.30. The molecule has 1 atom stereocenters. The van der Waals surface area contributed by atoms with Gasteiger partial charge in [-0.1, -0.05) is 27.7 Å². The number of nitrogens with zero attached hydrogens (tertiary/aromatic N) is 2. The summed E-state index contributed by atoms with van der Waals surface area (Å²) < 4.78 is 4.22. The van der Waals surface area contributed by atoms with E-state index in [0.717, 1.165) is 18.7 Å². The molecule has 0 aliphatic carbocycles. The van der Waals surface area contributed by atoms with Gasteiger partial charge in [0.1, 0.15) is 5.82 Å². The molecule has 0 aliphatic heterocycles. The van der Waals surface area contributed by atoms with E-state index in [4.69, 9.17) is 0 Å². The Hall–Kier alpha value is -1.17. The first-order valence-electron chi connectivity index (χ1n) is 6.61. The predicted octanol–water partition coefficient (Wildman–Crippen LogP) is 3.04. The number of carbonyl (C=O) groups is 1. The van der Waals surface area contributed by atoms with Crippen LogP contribution in [0, 0.1) is 11.3 Å². The van der Waals surface area contributed by atoms with Gasteiger partial charge in [-0.3, -0.25) is 4.79 Å². The third kappa shape index (κ3) is 6.00. The van der Waals surface area contributed by atoms with Crippen LogP contribution in [0.3, 0.4) is 0 Å². The molecule has 0 saturated carbocycles. The number of aryl methyl sites for hydroxylation is 1. The molecule has 0 bridgehead atoms. The van der Waals surface area contributed by atoms with Crippen LogP contribution in [0.2, 0.25) is 0 Å².